The van der Waals surface area contributed by atoms with Crippen LogP contribution in [0.1, 0.15) is 61.4 Å². The lowest BCUT2D eigenvalue weighted by molar-refractivity contribution is 0.0316. The van der Waals surface area contributed by atoms with Gasteiger partial charge in [-0.25, -0.2) is 4.39 Å². The Kier molecular flexibility index (Phi) is 5.07. The lowest BCUT2D eigenvalue weighted by Gasteiger charge is -2.26. The average Bonchev–Trinajstić information content (AvgIpc) is 3.04. The maximum atomic E-state index is 13.7. The molecule has 2 nitrogen and oxygen atoms in total. The number of halogens is 1. The summed E-state index contributed by atoms with van der Waals surface area (Å²) in [7, 11) is 0. The monoisotopic (exact) mass is 351 g/mol. The maximum absolute atomic E-state index is 13.7. The van der Waals surface area contributed by atoms with Gasteiger partial charge in [0, 0.05) is 16.6 Å². The standard InChI is InChI=1S/C23H26FNO/c1-2-6-16(17-7-4-3-5-8-17)9-12-22-23-19(13-14-26-22)20-15-18(24)10-11-21(20)25-23/h3-5,7-8,10-11,15-16,22,25H,2,6,9,12-14H2,1H3/t16?,22-/m0/s1. The van der Waals surface area contributed by atoms with E-state index in [2.05, 4.69) is 42.2 Å². The Hall–Kier alpha value is -2.13. The van der Waals surface area contributed by atoms with Crippen molar-refractivity contribution in [3.8, 4) is 0 Å². The van der Waals surface area contributed by atoms with E-state index in [-0.39, 0.29) is 11.9 Å². The molecule has 0 aliphatic carbocycles. The summed E-state index contributed by atoms with van der Waals surface area (Å²) in [5.74, 6) is 0.395. The van der Waals surface area contributed by atoms with Crippen molar-refractivity contribution in [1.29, 1.82) is 0 Å². The first kappa shape index (κ1) is 17.3. The van der Waals surface area contributed by atoms with Gasteiger partial charge in [-0.2, -0.15) is 0 Å². The van der Waals surface area contributed by atoms with Gasteiger partial charge in [0.05, 0.1) is 12.7 Å². The summed E-state index contributed by atoms with van der Waals surface area (Å²) in [6, 6.07) is 15.8. The van der Waals surface area contributed by atoms with E-state index in [9.17, 15) is 4.39 Å². The number of nitrogens with one attached hydrogen (secondary N) is 1. The molecular formula is C23H26FNO. The molecule has 1 unspecified atom stereocenters. The van der Waals surface area contributed by atoms with E-state index in [1.54, 1.807) is 6.07 Å². The van der Waals surface area contributed by atoms with Crippen LogP contribution in [0.3, 0.4) is 0 Å². The summed E-state index contributed by atoms with van der Waals surface area (Å²) in [6.45, 7) is 2.96. The fourth-order valence-electron chi connectivity index (χ4n) is 4.30. The first-order valence-electron chi connectivity index (χ1n) is 9.72. The zero-order valence-electron chi connectivity index (χ0n) is 15.3. The van der Waals surface area contributed by atoms with Crippen LogP contribution in [0.4, 0.5) is 4.39 Å². The first-order chi connectivity index (χ1) is 12.8. The largest absolute Gasteiger partial charge is 0.372 e. The van der Waals surface area contributed by atoms with Crippen LogP contribution in [0.25, 0.3) is 10.9 Å². The maximum Gasteiger partial charge on any atom is 0.123 e. The Morgan fingerprint density at radius 3 is 2.81 bits per heavy atom. The first-order valence-corrected chi connectivity index (χ1v) is 9.72. The number of H-pyrrole nitrogens is 1. The van der Waals surface area contributed by atoms with E-state index >= 15 is 0 Å². The minimum atomic E-state index is -0.172. The molecule has 3 heteroatoms. The second-order valence-corrected chi connectivity index (χ2v) is 7.29. The lowest BCUT2D eigenvalue weighted by Crippen LogP contribution is -2.16. The molecule has 0 spiro atoms. The number of rotatable bonds is 6. The highest BCUT2D eigenvalue weighted by Crippen LogP contribution is 2.37. The average molecular weight is 351 g/mol. The second-order valence-electron chi connectivity index (χ2n) is 7.29. The molecule has 2 atom stereocenters. The minimum Gasteiger partial charge on any atom is -0.372 e. The van der Waals surface area contributed by atoms with Crippen LogP contribution in [0.2, 0.25) is 0 Å². The van der Waals surface area contributed by atoms with Crippen LogP contribution in [-0.4, -0.2) is 11.6 Å². The summed E-state index contributed by atoms with van der Waals surface area (Å²) < 4.78 is 19.8. The summed E-state index contributed by atoms with van der Waals surface area (Å²) in [4.78, 5) is 3.50. The van der Waals surface area contributed by atoms with Crippen LogP contribution in [0.15, 0.2) is 48.5 Å². The molecule has 0 fully saturated rings. The zero-order valence-corrected chi connectivity index (χ0v) is 15.3. The van der Waals surface area contributed by atoms with E-state index < -0.39 is 0 Å². The summed E-state index contributed by atoms with van der Waals surface area (Å²) in [5, 5.41) is 1.02. The molecule has 0 saturated carbocycles. The van der Waals surface area contributed by atoms with Gasteiger partial charge in [0.15, 0.2) is 0 Å². The third-order valence-corrected chi connectivity index (χ3v) is 5.58. The lowest BCUT2D eigenvalue weighted by atomic mass is 9.88. The predicted molar refractivity (Wildman–Crippen MR) is 104 cm³/mol. The number of benzene rings is 2. The van der Waals surface area contributed by atoms with E-state index in [1.807, 2.05) is 6.07 Å². The fraction of sp³-hybridized carbons (Fsp3) is 0.391. The number of aromatic amines is 1. The summed E-state index contributed by atoms with van der Waals surface area (Å²) in [5.41, 5.74) is 4.83. The van der Waals surface area contributed by atoms with E-state index in [4.69, 9.17) is 4.74 Å². The van der Waals surface area contributed by atoms with E-state index in [1.165, 1.54) is 30.0 Å². The molecular weight excluding hydrogens is 325 g/mol. The summed E-state index contributed by atoms with van der Waals surface area (Å²) >= 11 is 0. The van der Waals surface area contributed by atoms with Crippen molar-refractivity contribution in [1.82, 2.24) is 4.98 Å². The third kappa shape index (κ3) is 3.41. The van der Waals surface area contributed by atoms with Crippen LogP contribution < -0.4 is 0 Å². The topological polar surface area (TPSA) is 25.0 Å². The van der Waals surface area contributed by atoms with Gasteiger partial charge < -0.3 is 9.72 Å². The quantitative estimate of drug-likeness (QED) is 0.555. The fourth-order valence-corrected chi connectivity index (χ4v) is 4.30. The van der Waals surface area contributed by atoms with Crippen LogP contribution in [0.5, 0.6) is 0 Å². The van der Waals surface area contributed by atoms with Gasteiger partial charge in [-0.05, 0) is 60.9 Å². The Bertz CT molecular complexity index is 871. The second kappa shape index (κ2) is 7.63. The molecule has 1 aliphatic rings. The highest BCUT2D eigenvalue weighted by Gasteiger charge is 2.26. The van der Waals surface area contributed by atoms with Gasteiger partial charge >= 0.3 is 0 Å². The van der Waals surface area contributed by atoms with Crippen LogP contribution in [0, 0.1) is 5.82 Å². The molecule has 2 heterocycles. The molecule has 2 aromatic carbocycles. The number of hydrogen-bond donors (Lipinski definition) is 1. The molecule has 26 heavy (non-hydrogen) atoms. The molecule has 0 bridgehead atoms. The minimum absolute atomic E-state index is 0.0808. The Balaban J connectivity index is 1.55. The van der Waals surface area contributed by atoms with Crippen LogP contribution >= 0.6 is 0 Å². The number of hydrogen-bond acceptors (Lipinski definition) is 1. The molecule has 4 rings (SSSR count). The molecule has 1 aromatic heterocycles. The van der Waals surface area contributed by atoms with Crippen molar-refractivity contribution in [3.05, 3.63) is 71.2 Å². The van der Waals surface area contributed by atoms with Gasteiger partial charge in [-0.3, -0.25) is 0 Å². The molecule has 1 aliphatic heterocycles. The van der Waals surface area contributed by atoms with Gasteiger partial charge in [0.2, 0.25) is 0 Å². The van der Waals surface area contributed by atoms with Gasteiger partial charge in [0.25, 0.3) is 0 Å². The van der Waals surface area contributed by atoms with Gasteiger partial charge in [-0.1, -0.05) is 43.7 Å². The normalized spacial score (nSPS) is 18.0. The Labute approximate surface area is 154 Å². The van der Waals surface area contributed by atoms with Gasteiger partial charge in [-0.15, -0.1) is 0 Å². The van der Waals surface area contributed by atoms with Crippen molar-refractivity contribution in [2.45, 2.75) is 51.0 Å². The summed E-state index contributed by atoms with van der Waals surface area (Å²) in [6.07, 6.45) is 5.40. The highest BCUT2D eigenvalue weighted by molar-refractivity contribution is 5.85. The SMILES string of the molecule is CCCC(CC[C@@H]1OCCc2c1[nH]c1ccc(F)cc21)c1ccccc1. The van der Waals surface area contributed by atoms with Gasteiger partial charge in [0.1, 0.15) is 5.82 Å². The number of aromatic nitrogens is 1. The Morgan fingerprint density at radius 2 is 2.00 bits per heavy atom. The zero-order chi connectivity index (χ0) is 17.9. The van der Waals surface area contributed by atoms with Crippen molar-refractivity contribution < 1.29 is 9.13 Å². The van der Waals surface area contributed by atoms with Crippen LogP contribution in [-0.2, 0) is 11.2 Å². The molecule has 136 valence electrons. The number of fused-ring (bicyclic) bond motifs is 3. The molecule has 0 saturated heterocycles. The van der Waals surface area contributed by atoms with Crippen molar-refractivity contribution >= 4 is 10.9 Å². The molecule has 0 amide bonds. The molecule has 0 radical (unpaired) electrons. The predicted octanol–water partition coefficient (Wildman–Crippen LogP) is 6.28. The Morgan fingerprint density at radius 1 is 1.15 bits per heavy atom. The van der Waals surface area contributed by atoms with Crippen molar-refractivity contribution in [2.24, 2.45) is 0 Å². The smallest absolute Gasteiger partial charge is 0.123 e. The van der Waals surface area contributed by atoms with Crippen molar-refractivity contribution in [2.75, 3.05) is 6.61 Å². The molecule has 3 aromatic rings. The van der Waals surface area contributed by atoms with E-state index in [0.29, 0.717) is 12.5 Å². The third-order valence-electron chi connectivity index (χ3n) is 5.58. The van der Waals surface area contributed by atoms with E-state index in [0.717, 1.165) is 35.9 Å². The highest BCUT2D eigenvalue weighted by atomic mass is 19.1. The molecule has 1 N–H and O–H groups in total. The van der Waals surface area contributed by atoms with Crippen molar-refractivity contribution in [3.63, 3.8) is 0 Å². The number of ether oxygens (including phenoxy) is 1.